The Bertz CT molecular complexity index is 519. The van der Waals surface area contributed by atoms with E-state index in [-0.39, 0.29) is 11.9 Å². The van der Waals surface area contributed by atoms with Crippen LogP contribution in [0.1, 0.15) is 22.9 Å². The highest BCUT2D eigenvalue weighted by Crippen LogP contribution is 2.18. The lowest BCUT2D eigenvalue weighted by atomic mass is 10.0. The summed E-state index contributed by atoms with van der Waals surface area (Å²) in [5.41, 5.74) is 8.59. The van der Waals surface area contributed by atoms with Crippen molar-refractivity contribution in [3.05, 3.63) is 53.1 Å². The summed E-state index contributed by atoms with van der Waals surface area (Å²) in [4.78, 5) is 0. The largest absolute Gasteiger partial charge is 0.324 e. The summed E-state index contributed by atoms with van der Waals surface area (Å²) in [6.07, 6.45) is 2.55. The maximum absolute atomic E-state index is 13.1. The van der Waals surface area contributed by atoms with Crippen LogP contribution in [0, 0.1) is 12.7 Å². The Labute approximate surface area is 100 Å². The Kier molecular flexibility index (Phi) is 3.24. The molecule has 3 nitrogen and oxygen atoms in total. The number of aryl methyl sites for hydroxylation is 2. The molecular formula is C13H16FN3. The average molecular weight is 233 g/mol. The third kappa shape index (κ3) is 2.71. The van der Waals surface area contributed by atoms with Gasteiger partial charge in [0, 0.05) is 25.7 Å². The molecule has 0 aliphatic heterocycles. The van der Waals surface area contributed by atoms with Gasteiger partial charge in [-0.05, 0) is 30.2 Å². The highest BCUT2D eigenvalue weighted by molar-refractivity contribution is 5.27. The summed E-state index contributed by atoms with van der Waals surface area (Å²) < 4.78 is 14.9. The van der Waals surface area contributed by atoms with Crippen LogP contribution in [0.2, 0.25) is 0 Å². The highest BCUT2D eigenvalue weighted by atomic mass is 19.1. The molecular weight excluding hydrogens is 217 g/mol. The fourth-order valence-corrected chi connectivity index (χ4v) is 1.81. The van der Waals surface area contributed by atoms with Crippen molar-refractivity contribution in [2.75, 3.05) is 0 Å². The molecule has 1 atom stereocenters. The van der Waals surface area contributed by atoms with Crippen LogP contribution in [-0.2, 0) is 13.5 Å². The van der Waals surface area contributed by atoms with Crippen LogP contribution in [-0.4, -0.2) is 9.78 Å². The maximum Gasteiger partial charge on any atom is 0.126 e. The van der Waals surface area contributed by atoms with Gasteiger partial charge in [0.1, 0.15) is 5.82 Å². The number of hydrogen-bond donors (Lipinski definition) is 1. The molecule has 0 radical (unpaired) electrons. The first-order valence-corrected chi connectivity index (χ1v) is 5.56. The van der Waals surface area contributed by atoms with Crippen LogP contribution < -0.4 is 5.73 Å². The van der Waals surface area contributed by atoms with Gasteiger partial charge in [0.15, 0.2) is 0 Å². The number of nitrogens with two attached hydrogens (primary N) is 1. The summed E-state index contributed by atoms with van der Waals surface area (Å²) >= 11 is 0. The van der Waals surface area contributed by atoms with Crippen LogP contribution in [0.15, 0.2) is 30.5 Å². The lowest BCUT2D eigenvalue weighted by Gasteiger charge is -2.11. The van der Waals surface area contributed by atoms with Gasteiger partial charge in [0.2, 0.25) is 0 Å². The van der Waals surface area contributed by atoms with Crippen molar-refractivity contribution in [2.45, 2.75) is 19.4 Å². The number of aromatic nitrogens is 2. The first-order valence-electron chi connectivity index (χ1n) is 5.56. The normalized spacial score (nSPS) is 12.7. The van der Waals surface area contributed by atoms with Crippen molar-refractivity contribution in [2.24, 2.45) is 12.8 Å². The predicted molar refractivity (Wildman–Crippen MR) is 65.0 cm³/mol. The van der Waals surface area contributed by atoms with Crippen molar-refractivity contribution in [1.82, 2.24) is 9.78 Å². The summed E-state index contributed by atoms with van der Waals surface area (Å²) in [5.74, 6) is -0.196. The number of halogens is 1. The molecule has 1 heterocycles. The maximum atomic E-state index is 13.1. The minimum absolute atomic E-state index is 0.149. The van der Waals surface area contributed by atoms with E-state index in [1.807, 2.05) is 19.3 Å². The monoisotopic (exact) mass is 233 g/mol. The van der Waals surface area contributed by atoms with Crippen LogP contribution >= 0.6 is 0 Å². The van der Waals surface area contributed by atoms with Gasteiger partial charge in [-0.3, -0.25) is 4.68 Å². The Hall–Kier alpha value is -1.68. The van der Waals surface area contributed by atoms with Gasteiger partial charge in [0.25, 0.3) is 0 Å². The molecule has 4 heteroatoms. The molecule has 0 spiro atoms. The molecule has 1 aromatic carbocycles. The Balaban J connectivity index is 2.14. The second kappa shape index (κ2) is 4.67. The lowest BCUT2D eigenvalue weighted by molar-refractivity contribution is 0.614. The van der Waals surface area contributed by atoms with Gasteiger partial charge in [0.05, 0.1) is 5.69 Å². The molecule has 0 aliphatic rings. The molecule has 2 aromatic rings. The van der Waals surface area contributed by atoms with Gasteiger partial charge in [-0.2, -0.15) is 5.10 Å². The Morgan fingerprint density at radius 3 is 2.76 bits per heavy atom. The van der Waals surface area contributed by atoms with Crippen molar-refractivity contribution in [1.29, 1.82) is 0 Å². The van der Waals surface area contributed by atoms with Crippen molar-refractivity contribution >= 4 is 0 Å². The van der Waals surface area contributed by atoms with Gasteiger partial charge >= 0.3 is 0 Å². The van der Waals surface area contributed by atoms with Gasteiger partial charge in [-0.1, -0.05) is 12.1 Å². The summed E-state index contributed by atoms with van der Waals surface area (Å²) in [5, 5.41) is 4.28. The van der Waals surface area contributed by atoms with Crippen LogP contribution in [0.3, 0.4) is 0 Å². The predicted octanol–water partition coefficient (Wildman–Crippen LogP) is 2.11. The van der Waals surface area contributed by atoms with E-state index < -0.39 is 0 Å². The Morgan fingerprint density at radius 2 is 2.18 bits per heavy atom. The second-order valence-corrected chi connectivity index (χ2v) is 4.30. The fourth-order valence-electron chi connectivity index (χ4n) is 1.81. The highest BCUT2D eigenvalue weighted by Gasteiger charge is 2.10. The van der Waals surface area contributed by atoms with E-state index in [2.05, 4.69) is 5.10 Å². The Morgan fingerprint density at radius 1 is 1.41 bits per heavy atom. The zero-order valence-corrected chi connectivity index (χ0v) is 10.0. The van der Waals surface area contributed by atoms with E-state index in [1.54, 1.807) is 23.7 Å². The summed E-state index contributed by atoms with van der Waals surface area (Å²) in [6.45, 7) is 1.74. The molecule has 0 saturated heterocycles. The van der Waals surface area contributed by atoms with E-state index in [9.17, 15) is 4.39 Å². The third-order valence-corrected chi connectivity index (χ3v) is 2.81. The van der Waals surface area contributed by atoms with Gasteiger partial charge in [-0.25, -0.2) is 4.39 Å². The van der Waals surface area contributed by atoms with E-state index in [4.69, 9.17) is 5.73 Å². The molecule has 1 unspecified atom stereocenters. The van der Waals surface area contributed by atoms with Crippen molar-refractivity contribution < 1.29 is 4.39 Å². The first-order chi connectivity index (χ1) is 8.06. The number of benzene rings is 1. The minimum Gasteiger partial charge on any atom is -0.324 e. The number of nitrogens with zero attached hydrogens (tertiary/aromatic N) is 2. The van der Waals surface area contributed by atoms with Crippen molar-refractivity contribution in [3.8, 4) is 0 Å². The molecule has 0 saturated carbocycles. The van der Waals surface area contributed by atoms with E-state index >= 15 is 0 Å². The zero-order valence-electron chi connectivity index (χ0n) is 10.0. The van der Waals surface area contributed by atoms with Crippen LogP contribution in [0.5, 0.6) is 0 Å². The van der Waals surface area contributed by atoms with Crippen molar-refractivity contribution in [3.63, 3.8) is 0 Å². The molecule has 90 valence electrons. The first kappa shape index (κ1) is 11.8. The molecule has 17 heavy (non-hydrogen) atoms. The van der Waals surface area contributed by atoms with E-state index in [0.717, 1.165) is 11.3 Å². The standard InChI is InChI=1S/C13H16FN3/c1-9-7-10(3-4-12(9)14)13(15)8-11-5-6-17(2)16-11/h3-7,13H,8,15H2,1-2H3. The second-order valence-electron chi connectivity index (χ2n) is 4.30. The molecule has 0 bridgehead atoms. The minimum atomic E-state index is -0.196. The molecule has 0 amide bonds. The zero-order chi connectivity index (χ0) is 12.4. The molecule has 0 fully saturated rings. The average Bonchev–Trinajstić information content (AvgIpc) is 2.68. The quantitative estimate of drug-likeness (QED) is 0.882. The van der Waals surface area contributed by atoms with Crippen LogP contribution in [0.25, 0.3) is 0 Å². The molecule has 0 aliphatic carbocycles. The van der Waals surface area contributed by atoms with Crippen LogP contribution in [0.4, 0.5) is 4.39 Å². The summed E-state index contributed by atoms with van der Waals surface area (Å²) in [6, 6.07) is 6.78. The summed E-state index contributed by atoms with van der Waals surface area (Å²) in [7, 11) is 1.87. The van der Waals surface area contributed by atoms with Gasteiger partial charge in [-0.15, -0.1) is 0 Å². The van der Waals surface area contributed by atoms with Gasteiger partial charge < -0.3 is 5.73 Å². The topological polar surface area (TPSA) is 43.8 Å². The molecule has 2 N–H and O–H groups in total. The van der Waals surface area contributed by atoms with E-state index in [0.29, 0.717) is 12.0 Å². The SMILES string of the molecule is Cc1cc(C(N)Cc2ccn(C)n2)ccc1F. The number of hydrogen-bond acceptors (Lipinski definition) is 2. The molecule has 2 rings (SSSR count). The molecule has 1 aromatic heterocycles. The third-order valence-electron chi connectivity index (χ3n) is 2.81. The smallest absolute Gasteiger partial charge is 0.126 e. The fraction of sp³-hybridized carbons (Fsp3) is 0.308. The van der Waals surface area contributed by atoms with E-state index in [1.165, 1.54) is 6.07 Å². The number of rotatable bonds is 3. The lowest BCUT2D eigenvalue weighted by Crippen LogP contribution is -2.14.